The SMILES string of the molecule is C=C(CO)C(=O)OCC(COC)c1ccc(C(F)(F)C(F)(F)C2CCC(C3CCC(CCCCC)CC3)CC2)cc1. The first-order valence-corrected chi connectivity index (χ1v) is 15.4. The second kappa shape index (κ2) is 15.5. The minimum absolute atomic E-state index is 0.113. The van der Waals surface area contributed by atoms with Crippen LogP contribution in [0, 0.1) is 23.7 Å². The number of hydrogen-bond acceptors (Lipinski definition) is 4. The van der Waals surface area contributed by atoms with Crippen molar-refractivity contribution in [2.75, 3.05) is 26.9 Å². The lowest BCUT2D eigenvalue weighted by Gasteiger charge is -2.41. The van der Waals surface area contributed by atoms with E-state index < -0.39 is 41.8 Å². The predicted molar refractivity (Wildman–Crippen MR) is 152 cm³/mol. The molecule has 41 heavy (non-hydrogen) atoms. The third-order valence-corrected chi connectivity index (χ3v) is 9.48. The summed E-state index contributed by atoms with van der Waals surface area (Å²) < 4.78 is 71.7. The van der Waals surface area contributed by atoms with Gasteiger partial charge in [-0.1, -0.05) is 76.3 Å². The van der Waals surface area contributed by atoms with Crippen LogP contribution in [-0.2, 0) is 20.2 Å². The lowest BCUT2D eigenvalue weighted by atomic mass is 9.67. The molecule has 0 spiro atoms. The molecule has 0 bridgehead atoms. The monoisotopic (exact) mass is 584 g/mol. The lowest BCUT2D eigenvalue weighted by Crippen LogP contribution is -2.46. The van der Waals surface area contributed by atoms with Gasteiger partial charge in [0.2, 0.25) is 0 Å². The number of unbranched alkanes of at least 4 members (excludes halogenated alkanes) is 2. The Balaban J connectivity index is 1.57. The van der Waals surface area contributed by atoms with E-state index in [-0.39, 0.29) is 31.6 Å². The number of alkyl halides is 4. The standard InChI is InChI=1S/C33H48F4O4/c1-4-5-6-7-24-8-10-25(11-9-24)26-12-16-29(17-13-26)32(34,35)33(36,37)30-18-14-27(15-19-30)28(21-40-3)22-41-31(39)23(2)20-38/h14-15,18-19,24-26,28-29,38H,2,4-13,16-17,20-22H2,1,3H3. The van der Waals surface area contributed by atoms with Crippen LogP contribution in [0.5, 0.6) is 0 Å². The van der Waals surface area contributed by atoms with Gasteiger partial charge in [0.25, 0.3) is 0 Å². The first-order valence-electron chi connectivity index (χ1n) is 15.4. The van der Waals surface area contributed by atoms with Crippen molar-refractivity contribution in [1.29, 1.82) is 0 Å². The molecule has 2 fully saturated rings. The molecule has 0 aromatic heterocycles. The number of carbonyl (C=O) groups is 1. The molecule has 2 aliphatic carbocycles. The zero-order valence-corrected chi connectivity index (χ0v) is 24.7. The number of aliphatic hydroxyl groups excluding tert-OH is 1. The van der Waals surface area contributed by atoms with Crippen LogP contribution in [0.15, 0.2) is 36.4 Å². The summed E-state index contributed by atoms with van der Waals surface area (Å²) in [5.74, 6) is -9.38. The van der Waals surface area contributed by atoms with Gasteiger partial charge in [-0.3, -0.25) is 0 Å². The number of esters is 1. The first-order chi connectivity index (χ1) is 19.5. The minimum Gasteiger partial charge on any atom is -0.462 e. The van der Waals surface area contributed by atoms with Crippen LogP contribution in [0.4, 0.5) is 17.6 Å². The Morgan fingerprint density at radius 1 is 0.951 bits per heavy atom. The van der Waals surface area contributed by atoms with E-state index in [9.17, 15) is 4.79 Å². The number of methoxy groups -OCH3 is 1. The molecule has 0 heterocycles. The number of aliphatic hydroxyl groups is 1. The minimum atomic E-state index is -4.30. The van der Waals surface area contributed by atoms with Crippen LogP contribution < -0.4 is 0 Å². The van der Waals surface area contributed by atoms with Crippen molar-refractivity contribution < 1.29 is 36.9 Å². The van der Waals surface area contributed by atoms with Crippen LogP contribution in [0.3, 0.4) is 0 Å². The number of ether oxygens (including phenoxy) is 2. The van der Waals surface area contributed by atoms with Gasteiger partial charge in [0.05, 0.1) is 18.8 Å². The van der Waals surface area contributed by atoms with E-state index in [1.807, 2.05) is 0 Å². The lowest BCUT2D eigenvalue weighted by molar-refractivity contribution is -0.249. The molecule has 1 N–H and O–H groups in total. The topological polar surface area (TPSA) is 55.8 Å². The molecule has 0 aliphatic heterocycles. The van der Waals surface area contributed by atoms with Crippen LogP contribution in [0.25, 0.3) is 0 Å². The molecule has 8 heteroatoms. The summed E-state index contributed by atoms with van der Waals surface area (Å²) in [6.07, 6.45) is 11.2. The predicted octanol–water partition coefficient (Wildman–Crippen LogP) is 8.43. The van der Waals surface area contributed by atoms with Crippen LogP contribution >= 0.6 is 0 Å². The molecule has 4 nitrogen and oxygen atoms in total. The van der Waals surface area contributed by atoms with E-state index in [0.717, 1.165) is 30.9 Å². The summed E-state index contributed by atoms with van der Waals surface area (Å²) in [4.78, 5) is 11.8. The largest absolute Gasteiger partial charge is 0.462 e. The molecule has 0 saturated heterocycles. The Morgan fingerprint density at radius 3 is 2.07 bits per heavy atom. The van der Waals surface area contributed by atoms with E-state index in [0.29, 0.717) is 30.2 Å². The van der Waals surface area contributed by atoms with Gasteiger partial charge in [-0.15, -0.1) is 0 Å². The molecule has 1 unspecified atom stereocenters. The van der Waals surface area contributed by atoms with E-state index in [2.05, 4.69) is 13.5 Å². The number of hydrogen-bond donors (Lipinski definition) is 1. The van der Waals surface area contributed by atoms with Crippen molar-refractivity contribution in [3.63, 3.8) is 0 Å². The fourth-order valence-electron chi connectivity index (χ4n) is 6.78. The number of rotatable bonds is 15. The summed E-state index contributed by atoms with van der Waals surface area (Å²) in [5, 5.41) is 9.01. The highest BCUT2D eigenvalue weighted by molar-refractivity contribution is 5.87. The average molecular weight is 585 g/mol. The van der Waals surface area contributed by atoms with Gasteiger partial charge in [-0.2, -0.15) is 17.6 Å². The van der Waals surface area contributed by atoms with Gasteiger partial charge >= 0.3 is 17.8 Å². The Morgan fingerprint density at radius 2 is 1.54 bits per heavy atom. The third-order valence-electron chi connectivity index (χ3n) is 9.48. The Kier molecular flexibility index (Phi) is 12.7. The second-order valence-corrected chi connectivity index (χ2v) is 12.2. The van der Waals surface area contributed by atoms with Gasteiger partial charge in [0.15, 0.2) is 0 Å². The maximum Gasteiger partial charge on any atom is 0.335 e. The maximum atomic E-state index is 15.4. The zero-order chi connectivity index (χ0) is 30.0. The molecule has 1 atom stereocenters. The first kappa shape index (κ1) is 33.6. The zero-order valence-electron chi connectivity index (χ0n) is 24.7. The molecule has 3 rings (SSSR count). The third kappa shape index (κ3) is 8.56. The van der Waals surface area contributed by atoms with Crippen molar-refractivity contribution in [3.8, 4) is 0 Å². The molecule has 232 valence electrons. The van der Waals surface area contributed by atoms with Crippen molar-refractivity contribution in [2.45, 2.75) is 102 Å². The molecule has 1 aromatic rings. The van der Waals surface area contributed by atoms with Gasteiger partial charge in [-0.25, -0.2) is 4.79 Å². The van der Waals surface area contributed by atoms with E-state index >= 15 is 17.6 Å². The van der Waals surface area contributed by atoms with Crippen LogP contribution in [0.2, 0.25) is 0 Å². The Bertz CT molecular complexity index is 948. The number of benzene rings is 1. The summed E-state index contributed by atoms with van der Waals surface area (Å²) in [5.41, 5.74) is -0.327. The van der Waals surface area contributed by atoms with Crippen molar-refractivity contribution in [1.82, 2.24) is 0 Å². The normalized spacial score (nSPS) is 24.6. The summed E-state index contributed by atoms with van der Waals surface area (Å²) in [6.45, 7) is 5.05. The summed E-state index contributed by atoms with van der Waals surface area (Å²) in [6, 6.07) is 4.77. The second-order valence-electron chi connectivity index (χ2n) is 12.2. The quantitative estimate of drug-likeness (QED) is 0.0973. The van der Waals surface area contributed by atoms with E-state index in [1.54, 1.807) is 0 Å². The van der Waals surface area contributed by atoms with Gasteiger partial charge in [0, 0.05) is 24.5 Å². The van der Waals surface area contributed by atoms with Crippen molar-refractivity contribution in [3.05, 3.63) is 47.5 Å². The summed E-state index contributed by atoms with van der Waals surface area (Å²) >= 11 is 0. The highest BCUT2D eigenvalue weighted by Gasteiger charge is 2.61. The molecule has 2 saturated carbocycles. The van der Waals surface area contributed by atoms with E-state index in [4.69, 9.17) is 14.6 Å². The smallest absolute Gasteiger partial charge is 0.335 e. The fourth-order valence-corrected chi connectivity index (χ4v) is 6.78. The molecule has 0 radical (unpaired) electrons. The Labute approximate surface area is 242 Å². The van der Waals surface area contributed by atoms with Gasteiger partial charge in [0.1, 0.15) is 6.61 Å². The van der Waals surface area contributed by atoms with Gasteiger partial charge < -0.3 is 14.6 Å². The average Bonchev–Trinajstić information content (AvgIpc) is 2.99. The molecule has 2 aliphatic rings. The number of halogens is 4. The highest BCUT2D eigenvalue weighted by atomic mass is 19.3. The molecular weight excluding hydrogens is 536 g/mol. The number of carbonyl (C=O) groups excluding carboxylic acids is 1. The highest BCUT2D eigenvalue weighted by Crippen LogP contribution is 2.53. The summed E-state index contributed by atoms with van der Waals surface area (Å²) in [7, 11) is 1.44. The Hall–Kier alpha value is -1.93. The van der Waals surface area contributed by atoms with Crippen LogP contribution in [0.1, 0.15) is 101 Å². The van der Waals surface area contributed by atoms with E-state index in [1.165, 1.54) is 57.8 Å². The van der Waals surface area contributed by atoms with Crippen LogP contribution in [-0.4, -0.2) is 43.9 Å². The van der Waals surface area contributed by atoms with Crippen molar-refractivity contribution in [2.24, 2.45) is 23.7 Å². The van der Waals surface area contributed by atoms with Gasteiger partial charge in [-0.05, 0) is 61.8 Å². The molecule has 0 amide bonds. The molecule has 1 aromatic carbocycles. The fraction of sp³-hybridized carbons (Fsp3) is 0.727. The maximum absolute atomic E-state index is 15.4. The molecular formula is C33H48F4O4. The van der Waals surface area contributed by atoms with Crippen molar-refractivity contribution >= 4 is 5.97 Å².